The number of rotatable bonds is 1. The molecule has 3 rings (SSSR count). The van der Waals surface area contributed by atoms with Crippen LogP contribution in [-0.4, -0.2) is 70.7 Å². The van der Waals surface area contributed by atoms with Crippen molar-refractivity contribution in [1.82, 2.24) is 19.4 Å². The molecule has 2 fully saturated rings. The van der Waals surface area contributed by atoms with Crippen molar-refractivity contribution in [2.24, 2.45) is 7.05 Å². The molecule has 0 aliphatic carbocycles. The van der Waals surface area contributed by atoms with Gasteiger partial charge in [0.25, 0.3) is 5.91 Å². The number of imidazole rings is 1. The molecule has 6 nitrogen and oxygen atoms in total. The number of ether oxygens (including phenoxy) is 1. The zero-order chi connectivity index (χ0) is 13.4. The van der Waals surface area contributed by atoms with Gasteiger partial charge in [-0.2, -0.15) is 0 Å². The Labute approximate surface area is 113 Å². The van der Waals surface area contributed by atoms with Crippen molar-refractivity contribution >= 4 is 5.91 Å². The highest BCUT2D eigenvalue weighted by molar-refractivity contribution is 5.92. The van der Waals surface area contributed by atoms with Gasteiger partial charge in [0.2, 0.25) is 0 Å². The number of morpholine rings is 1. The molecule has 2 saturated heterocycles. The first kappa shape index (κ1) is 12.6. The van der Waals surface area contributed by atoms with E-state index in [9.17, 15) is 4.79 Å². The number of aryl methyl sites for hydroxylation is 1. The van der Waals surface area contributed by atoms with Crippen molar-refractivity contribution in [2.75, 3.05) is 33.3 Å². The van der Waals surface area contributed by atoms with Crippen molar-refractivity contribution in [3.8, 4) is 0 Å². The zero-order valence-corrected chi connectivity index (χ0v) is 11.5. The van der Waals surface area contributed by atoms with Crippen LogP contribution in [0.15, 0.2) is 12.5 Å². The number of amides is 1. The van der Waals surface area contributed by atoms with Crippen LogP contribution in [0.2, 0.25) is 0 Å². The highest BCUT2D eigenvalue weighted by atomic mass is 16.5. The molecule has 0 bridgehead atoms. The Kier molecular flexibility index (Phi) is 3.28. The standard InChI is InChI=1S/C13H20N4O2/c1-15-4-3-12-11(8-15)17(5-6-19-12)13(18)10-7-14-9-16(10)2/h7,9,11-12H,3-6,8H2,1-2H3. The summed E-state index contributed by atoms with van der Waals surface area (Å²) in [6.45, 7) is 3.22. The molecule has 0 N–H and O–H groups in total. The molecule has 3 heterocycles. The van der Waals surface area contributed by atoms with Gasteiger partial charge in [0.05, 0.1) is 31.3 Å². The minimum atomic E-state index is 0.0635. The first-order chi connectivity index (χ1) is 9.16. The summed E-state index contributed by atoms with van der Waals surface area (Å²) in [5.41, 5.74) is 0.647. The first-order valence-electron chi connectivity index (χ1n) is 6.74. The number of carbonyl (C=O) groups is 1. The normalized spacial score (nSPS) is 28.2. The Morgan fingerprint density at radius 3 is 3.00 bits per heavy atom. The second kappa shape index (κ2) is 4.94. The van der Waals surface area contributed by atoms with Gasteiger partial charge in [-0.15, -0.1) is 0 Å². The summed E-state index contributed by atoms with van der Waals surface area (Å²) in [4.78, 5) is 20.9. The number of carbonyl (C=O) groups excluding carboxylic acids is 1. The van der Waals surface area contributed by atoms with Crippen LogP contribution < -0.4 is 0 Å². The zero-order valence-electron chi connectivity index (χ0n) is 11.5. The van der Waals surface area contributed by atoms with E-state index in [1.807, 2.05) is 11.9 Å². The van der Waals surface area contributed by atoms with E-state index in [1.54, 1.807) is 17.1 Å². The molecule has 6 heteroatoms. The maximum Gasteiger partial charge on any atom is 0.272 e. The molecule has 104 valence electrons. The van der Waals surface area contributed by atoms with E-state index < -0.39 is 0 Å². The summed E-state index contributed by atoms with van der Waals surface area (Å²) in [5.74, 6) is 0.0635. The lowest BCUT2D eigenvalue weighted by Crippen LogP contribution is -2.60. The van der Waals surface area contributed by atoms with Gasteiger partial charge < -0.3 is 19.1 Å². The number of nitrogens with zero attached hydrogens (tertiary/aromatic N) is 4. The van der Waals surface area contributed by atoms with E-state index in [0.29, 0.717) is 18.8 Å². The van der Waals surface area contributed by atoms with E-state index in [2.05, 4.69) is 16.9 Å². The van der Waals surface area contributed by atoms with Crippen molar-refractivity contribution < 1.29 is 9.53 Å². The van der Waals surface area contributed by atoms with E-state index in [4.69, 9.17) is 4.74 Å². The van der Waals surface area contributed by atoms with E-state index in [1.165, 1.54) is 0 Å². The Bertz CT molecular complexity index is 473. The Hall–Kier alpha value is -1.40. The van der Waals surface area contributed by atoms with E-state index >= 15 is 0 Å². The van der Waals surface area contributed by atoms with Gasteiger partial charge in [0.15, 0.2) is 0 Å². The summed E-state index contributed by atoms with van der Waals surface area (Å²) < 4.78 is 7.59. The van der Waals surface area contributed by atoms with Crippen LogP contribution in [0.4, 0.5) is 0 Å². The topological polar surface area (TPSA) is 50.6 Å². The van der Waals surface area contributed by atoms with Crippen LogP contribution in [0.25, 0.3) is 0 Å². The fraction of sp³-hybridized carbons (Fsp3) is 0.692. The van der Waals surface area contributed by atoms with E-state index in [-0.39, 0.29) is 18.1 Å². The van der Waals surface area contributed by atoms with Crippen molar-refractivity contribution in [3.05, 3.63) is 18.2 Å². The second-order valence-electron chi connectivity index (χ2n) is 5.42. The van der Waals surface area contributed by atoms with Crippen molar-refractivity contribution in [1.29, 1.82) is 0 Å². The SMILES string of the molecule is CN1CCC2OCCN(C(=O)c3cncn3C)C2C1. The average Bonchev–Trinajstić information content (AvgIpc) is 2.83. The minimum absolute atomic E-state index is 0.0635. The molecule has 0 radical (unpaired) electrons. The number of piperidine rings is 1. The monoisotopic (exact) mass is 264 g/mol. The Balaban J connectivity index is 1.82. The number of hydrogen-bond donors (Lipinski definition) is 0. The molecule has 0 saturated carbocycles. The molecule has 0 aromatic carbocycles. The predicted molar refractivity (Wildman–Crippen MR) is 69.9 cm³/mol. The third kappa shape index (κ3) is 2.26. The maximum atomic E-state index is 12.6. The quantitative estimate of drug-likeness (QED) is 0.714. The number of likely N-dealkylation sites (tertiary alicyclic amines) is 1. The third-order valence-electron chi connectivity index (χ3n) is 4.08. The largest absolute Gasteiger partial charge is 0.374 e. The van der Waals surface area contributed by atoms with Gasteiger partial charge in [-0.05, 0) is 13.5 Å². The van der Waals surface area contributed by atoms with Crippen LogP contribution >= 0.6 is 0 Å². The van der Waals surface area contributed by atoms with Gasteiger partial charge in [-0.1, -0.05) is 0 Å². The lowest BCUT2D eigenvalue weighted by atomic mass is 9.99. The smallest absolute Gasteiger partial charge is 0.272 e. The molecule has 0 spiro atoms. The summed E-state index contributed by atoms with van der Waals surface area (Å²) >= 11 is 0. The highest BCUT2D eigenvalue weighted by Gasteiger charge is 2.39. The van der Waals surface area contributed by atoms with E-state index in [0.717, 1.165) is 19.5 Å². The molecule has 2 unspecified atom stereocenters. The average molecular weight is 264 g/mol. The molecular weight excluding hydrogens is 244 g/mol. The molecule has 1 aromatic heterocycles. The van der Waals surface area contributed by atoms with Gasteiger partial charge in [0.1, 0.15) is 5.69 Å². The molecule has 2 aliphatic rings. The van der Waals surface area contributed by atoms with Crippen LogP contribution in [0.1, 0.15) is 16.9 Å². The van der Waals surface area contributed by atoms with Gasteiger partial charge >= 0.3 is 0 Å². The molecule has 2 atom stereocenters. The molecule has 1 amide bonds. The minimum Gasteiger partial charge on any atom is -0.374 e. The number of likely N-dealkylation sites (N-methyl/N-ethyl adjacent to an activating group) is 1. The predicted octanol–water partition coefficient (Wildman–Crippen LogP) is -0.0348. The molecular formula is C13H20N4O2. The molecule has 19 heavy (non-hydrogen) atoms. The summed E-state index contributed by atoms with van der Waals surface area (Å²) in [5, 5.41) is 0. The summed E-state index contributed by atoms with van der Waals surface area (Å²) in [7, 11) is 3.95. The van der Waals surface area contributed by atoms with Crippen LogP contribution in [0, 0.1) is 0 Å². The fourth-order valence-corrected chi connectivity index (χ4v) is 2.99. The Morgan fingerprint density at radius 1 is 1.42 bits per heavy atom. The fourth-order valence-electron chi connectivity index (χ4n) is 2.99. The maximum absolute atomic E-state index is 12.6. The van der Waals surface area contributed by atoms with Crippen molar-refractivity contribution in [2.45, 2.75) is 18.6 Å². The van der Waals surface area contributed by atoms with Crippen LogP contribution in [0.5, 0.6) is 0 Å². The second-order valence-corrected chi connectivity index (χ2v) is 5.42. The first-order valence-corrected chi connectivity index (χ1v) is 6.74. The van der Waals surface area contributed by atoms with Crippen molar-refractivity contribution in [3.63, 3.8) is 0 Å². The van der Waals surface area contributed by atoms with Crippen LogP contribution in [0.3, 0.4) is 0 Å². The third-order valence-corrected chi connectivity index (χ3v) is 4.08. The number of aromatic nitrogens is 2. The lowest BCUT2D eigenvalue weighted by molar-refractivity contribution is -0.0871. The van der Waals surface area contributed by atoms with Gasteiger partial charge in [-0.3, -0.25) is 4.79 Å². The van der Waals surface area contributed by atoms with Gasteiger partial charge in [0, 0.05) is 26.7 Å². The number of fused-ring (bicyclic) bond motifs is 1. The summed E-state index contributed by atoms with van der Waals surface area (Å²) in [6.07, 6.45) is 4.48. The van der Waals surface area contributed by atoms with Gasteiger partial charge in [-0.25, -0.2) is 4.98 Å². The van der Waals surface area contributed by atoms with Crippen LogP contribution in [-0.2, 0) is 11.8 Å². The summed E-state index contributed by atoms with van der Waals surface area (Å²) in [6, 6.07) is 0.162. The Morgan fingerprint density at radius 2 is 2.26 bits per heavy atom. The highest BCUT2D eigenvalue weighted by Crippen LogP contribution is 2.23. The molecule has 2 aliphatic heterocycles. The number of hydrogen-bond acceptors (Lipinski definition) is 4. The molecule has 1 aromatic rings. The lowest BCUT2D eigenvalue weighted by Gasteiger charge is -2.46.